The Hall–Kier alpha value is -3.87. The molecule has 3 N–H and O–H groups in total. The summed E-state index contributed by atoms with van der Waals surface area (Å²) in [6.45, 7) is 1.68. The fourth-order valence-corrected chi connectivity index (χ4v) is 4.60. The average molecular weight is 420 g/mol. The molecule has 0 aromatic heterocycles. The standard InChI is InChI=1S/C24H20O7/c1-12-8-17-21(22(27)19(12)23(28)29-2)15-11-24(30-17,13-6-4-3-5-7-13)31-18-10-14(25)9-16(26)20(15)18/h3-10,15,25-27H,11H2,1-2H3/t15-,24-/m0/s1. The van der Waals surface area contributed by atoms with Crippen LogP contribution in [0.15, 0.2) is 48.5 Å². The molecule has 0 radical (unpaired) electrons. The zero-order valence-corrected chi connectivity index (χ0v) is 16.9. The topological polar surface area (TPSA) is 105 Å². The van der Waals surface area contributed by atoms with Crippen molar-refractivity contribution >= 4 is 5.97 Å². The molecule has 0 saturated carbocycles. The summed E-state index contributed by atoms with van der Waals surface area (Å²) in [5.41, 5.74) is 2.05. The number of methoxy groups -OCH3 is 1. The number of rotatable bonds is 2. The Balaban J connectivity index is 1.82. The van der Waals surface area contributed by atoms with Gasteiger partial charge < -0.3 is 29.5 Å². The van der Waals surface area contributed by atoms with Crippen molar-refractivity contribution in [2.45, 2.75) is 25.0 Å². The summed E-state index contributed by atoms with van der Waals surface area (Å²) in [7, 11) is 1.25. The van der Waals surface area contributed by atoms with Gasteiger partial charge in [-0.05, 0) is 18.6 Å². The summed E-state index contributed by atoms with van der Waals surface area (Å²) in [4.78, 5) is 12.3. The molecule has 3 aromatic carbocycles. The first kappa shape index (κ1) is 19.1. The molecule has 0 fully saturated rings. The summed E-state index contributed by atoms with van der Waals surface area (Å²) < 4.78 is 17.4. The van der Waals surface area contributed by atoms with Crippen LogP contribution in [0.4, 0.5) is 0 Å². The fraction of sp³-hybridized carbons (Fsp3) is 0.208. The number of aromatic hydroxyl groups is 3. The number of carbonyl (C=O) groups excluding carboxylic acids is 1. The number of hydrogen-bond acceptors (Lipinski definition) is 7. The molecule has 3 aromatic rings. The molecule has 2 heterocycles. The van der Waals surface area contributed by atoms with E-state index in [1.54, 1.807) is 13.0 Å². The monoisotopic (exact) mass is 420 g/mol. The highest BCUT2D eigenvalue weighted by molar-refractivity contribution is 5.95. The number of esters is 1. The van der Waals surface area contributed by atoms with E-state index in [4.69, 9.17) is 14.2 Å². The Morgan fingerprint density at radius 3 is 2.39 bits per heavy atom. The smallest absolute Gasteiger partial charge is 0.341 e. The number of aryl methyl sites for hydroxylation is 1. The van der Waals surface area contributed by atoms with Crippen LogP contribution in [0.2, 0.25) is 0 Å². The average Bonchev–Trinajstić information content (AvgIpc) is 2.73. The second-order valence-corrected chi connectivity index (χ2v) is 7.78. The van der Waals surface area contributed by atoms with Crippen molar-refractivity contribution in [3.8, 4) is 28.7 Å². The van der Waals surface area contributed by atoms with Crippen molar-refractivity contribution in [1.82, 2.24) is 0 Å². The molecule has 2 bridgehead atoms. The quantitative estimate of drug-likeness (QED) is 0.537. The van der Waals surface area contributed by atoms with Crippen LogP contribution >= 0.6 is 0 Å². The highest BCUT2D eigenvalue weighted by Crippen LogP contribution is 2.60. The van der Waals surface area contributed by atoms with Gasteiger partial charge >= 0.3 is 5.97 Å². The van der Waals surface area contributed by atoms with Crippen LogP contribution in [0.3, 0.4) is 0 Å². The van der Waals surface area contributed by atoms with Gasteiger partial charge in [0.15, 0.2) is 0 Å². The van der Waals surface area contributed by atoms with Crippen LogP contribution < -0.4 is 9.47 Å². The number of phenolic OH excluding ortho intramolecular Hbond substituents is 3. The van der Waals surface area contributed by atoms with Gasteiger partial charge in [0.05, 0.1) is 7.11 Å². The summed E-state index contributed by atoms with van der Waals surface area (Å²) in [6, 6.07) is 13.6. The second kappa shape index (κ2) is 6.57. The van der Waals surface area contributed by atoms with E-state index in [0.717, 1.165) is 5.56 Å². The van der Waals surface area contributed by atoms with E-state index in [-0.39, 0.29) is 35.0 Å². The van der Waals surface area contributed by atoms with Crippen molar-refractivity contribution in [2.24, 2.45) is 0 Å². The van der Waals surface area contributed by atoms with E-state index in [9.17, 15) is 20.1 Å². The van der Waals surface area contributed by atoms with Crippen LogP contribution in [0, 0.1) is 6.92 Å². The lowest BCUT2D eigenvalue weighted by molar-refractivity contribution is -0.149. The minimum Gasteiger partial charge on any atom is -0.508 e. The van der Waals surface area contributed by atoms with E-state index < -0.39 is 17.7 Å². The molecule has 2 atom stereocenters. The molecule has 158 valence electrons. The Morgan fingerprint density at radius 1 is 1.03 bits per heavy atom. The normalized spacial score (nSPS) is 20.6. The number of hydrogen-bond donors (Lipinski definition) is 3. The SMILES string of the molecule is COC(=O)c1c(C)cc2c(c1O)[C@H]1C[C@@](c3ccccc3)(Oc3cc(O)cc(O)c31)O2. The molecular weight excluding hydrogens is 400 g/mol. The van der Waals surface area contributed by atoms with E-state index in [1.807, 2.05) is 30.3 Å². The Kier molecular flexibility index (Phi) is 4.05. The molecule has 0 saturated heterocycles. The zero-order valence-electron chi connectivity index (χ0n) is 16.9. The van der Waals surface area contributed by atoms with Crippen LogP contribution in [0.5, 0.6) is 28.7 Å². The Labute approximate surface area is 178 Å². The van der Waals surface area contributed by atoms with Gasteiger partial charge in [0, 0.05) is 41.2 Å². The van der Waals surface area contributed by atoms with Crippen molar-refractivity contribution in [3.63, 3.8) is 0 Å². The van der Waals surface area contributed by atoms with Gasteiger partial charge in [-0.25, -0.2) is 4.79 Å². The van der Waals surface area contributed by atoms with Crippen molar-refractivity contribution in [1.29, 1.82) is 0 Å². The lowest BCUT2D eigenvalue weighted by atomic mass is 9.76. The van der Waals surface area contributed by atoms with Gasteiger partial charge in [0.25, 0.3) is 5.79 Å². The first-order valence-corrected chi connectivity index (χ1v) is 9.79. The van der Waals surface area contributed by atoms with Crippen LogP contribution in [0.1, 0.15) is 45.0 Å². The van der Waals surface area contributed by atoms with E-state index in [1.165, 1.54) is 19.2 Å². The lowest BCUT2D eigenvalue weighted by Crippen LogP contribution is -2.46. The minimum absolute atomic E-state index is 0.0448. The molecule has 2 aliphatic rings. The third-order valence-electron chi connectivity index (χ3n) is 5.93. The second-order valence-electron chi connectivity index (χ2n) is 7.78. The van der Waals surface area contributed by atoms with Gasteiger partial charge in [0.1, 0.15) is 34.3 Å². The third kappa shape index (κ3) is 2.70. The van der Waals surface area contributed by atoms with E-state index in [0.29, 0.717) is 22.4 Å². The fourth-order valence-electron chi connectivity index (χ4n) is 4.60. The Bertz CT molecular complexity index is 1220. The number of carbonyl (C=O) groups is 1. The van der Waals surface area contributed by atoms with Crippen LogP contribution in [-0.2, 0) is 10.5 Å². The van der Waals surface area contributed by atoms with E-state index >= 15 is 0 Å². The molecular formula is C24H20O7. The highest BCUT2D eigenvalue weighted by atomic mass is 16.7. The lowest BCUT2D eigenvalue weighted by Gasteiger charge is -2.46. The van der Waals surface area contributed by atoms with Gasteiger partial charge in [-0.2, -0.15) is 0 Å². The van der Waals surface area contributed by atoms with Gasteiger partial charge in [0.2, 0.25) is 0 Å². The summed E-state index contributed by atoms with van der Waals surface area (Å²) in [5.74, 6) is -2.47. The molecule has 0 spiro atoms. The molecule has 0 aliphatic carbocycles. The molecule has 0 unspecified atom stereocenters. The predicted octanol–water partition coefficient (Wildman–Crippen LogP) is 4.06. The number of ether oxygens (including phenoxy) is 3. The largest absolute Gasteiger partial charge is 0.508 e. The minimum atomic E-state index is -1.24. The maximum Gasteiger partial charge on any atom is 0.341 e. The van der Waals surface area contributed by atoms with Crippen LogP contribution in [-0.4, -0.2) is 28.4 Å². The number of fused-ring (bicyclic) bond motifs is 6. The van der Waals surface area contributed by atoms with Crippen molar-refractivity contribution < 1.29 is 34.3 Å². The van der Waals surface area contributed by atoms with E-state index in [2.05, 4.69) is 0 Å². The van der Waals surface area contributed by atoms with Crippen molar-refractivity contribution in [3.05, 3.63) is 76.3 Å². The van der Waals surface area contributed by atoms with Crippen LogP contribution in [0.25, 0.3) is 0 Å². The maximum absolute atomic E-state index is 12.3. The Morgan fingerprint density at radius 2 is 1.71 bits per heavy atom. The predicted molar refractivity (Wildman–Crippen MR) is 110 cm³/mol. The highest BCUT2D eigenvalue weighted by Gasteiger charge is 2.52. The molecule has 31 heavy (non-hydrogen) atoms. The molecule has 2 aliphatic heterocycles. The summed E-state index contributed by atoms with van der Waals surface area (Å²) >= 11 is 0. The maximum atomic E-state index is 12.3. The summed E-state index contributed by atoms with van der Waals surface area (Å²) in [5, 5.41) is 31.8. The number of phenols is 3. The van der Waals surface area contributed by atoms with Crippen molar-refractivity contribution in [2.75, 3.05) is 7.11 Å². The number of benzene rings is 3. The summed E-state index contributed by atoms with van der Waals surface area (Å²) in [6.07, 6.45) is 0.243. The van der Waals surface area contributed by atoms with Gasteiger partial charge in [-0.3, -0.25) is 0 Å². The zero-order chi connectivity index (χ0) is 21.9. The molecule has 7 nitrogen and oxygen atoms in total. The molecule has 7 heteroatoms. The first-order chi connectivity index (χ1) is 14.8. The third-order valence-corrected chi connectivity index (χ3v) is 5.93. The molecule has 5 rings (SSSR count). The first-order valence-electron chi connectivity index (χ1n) is 9.79. The molecule has 0 amide bonds. The van der Waals surface area contributed by atoms with Gasteiger partial charge in [-0.15, -0.1) is 0 Å². The van der Waals surface area contributed by atoms with Gasteiger partial charge in [-0.1, -0.05) is 30.3 Å².